The van der Waals surface area contributed by atoms with E-state index in [1.54, 1.807) is 11.6 Å². The van der Waals surface area contributed by atoms with Crippen molar-refractivity contribution in [3.63, 3.8) is 0 Å². The molecule has 0 bridgehead atoms. The Labute approximate surface area is 116 Å². The molecule has 2 rings (SSSR count). The van der Waals surface area contributed by atoms with E-state index in [4.69, 9.17) is 5.73 Å². The first-order valence-corrected chi connectivity index (χ1v) is 6.48. The molecule has 1 amide bonds. The van der Waals surface area contributed by atoms with Crippen molar-refractivity contribution >= 4 is 5.91 Å². The third kappa shape index (κ3) is 2.49. The Kier molecular flexibility index (Phi) is 3.74. The Hall–Kier alpha value is -2.37. The van der Waals surface area contributed by atoms with Gasteiger partial charge in [-0.15, -0.1) is 0 Å². The van der Waals surface area contributed by atoms with Gasteiger partial charge >= 0.3 is 0 Å². The maximum atomic E-state index is 12.1. The maximum Gasteiger partial charge on any atom is 0.253 e. The lowest BCUT2D eigenvalue weighted by Crippen LogP contribution is -2.21. The van der Waals surface area contributed by atoms with Crippen molar-refractivity contribution in [2.24, 2.45) is 5.73 Å². The SMILES string of the molecule is CCc1cc(C)[nH]c(=O)c1Cn1ncc(C(N)=O)c1C. The number of primary amides is 1. The molecule has 0 radical (unpaired) electrons. The van der Waals surface area contributed by atoms with Crippen LogP contribution in [0.3, 0.4) is 0 Å². The molecule has 6 nitrogen and oxygen atoms in total. The van der Waals surface area contributed by atoms with Crippen LogP contribution in [-0.4, -0.2) is 20.7 Å². The number of H-pyrrole nitrogens is 1. The molecule has 106 valence electrons. The first-order chi connectivity index (χ1) is 9.43. The number of carbonyl (C=O) groups excluding carboxylic acids is 1. The average molecular weight is 274 g/mol. The van der Waals surface area contributed by atoms with E-state index < -0.39 is 5.91 Å². The molecule has 20 heavy (non-hydrogen) atoms. The molecule has 0 atom stereocenters. The zero-order valence-electron chi connectivity index (χ0n) is 11.9. The summed E-state index contributed by atoms with van der Waals surface area (Å²) in [6, 6.07) is 1.96. The van der Waals surface area contributed by atoms with E-state index in [0.717, 1.165) is 17.7 Å². The number of nitrogens with two attached hydrogens (primary N) is 1. The summed E-state index contributed by atoms with van der Waals surface area (Å²) in [6.07, 6.45) is 2.20. The van der Waals surface area contributed by atoms with E-state index in [1.165, 1.54) is 6.20 Å². The molecule has 0 saturated carbocycles. The van der Waals surface area contributed by atoms with Gasteiger partial charge in [-0.25, -0.2) is 0 Å². The summed E-state index contributed by atoms with van der Waals surface area (Å²) < 4.78 is 1.62. The van der Waals surface area contributed by atoms with Crippen LogP contribution in [0.1, 0.15) is 39.8 Å². The summed E-state index contributed by atoms with van der Waals surface area (Å²) in [4.78, 5) is 26.1. The van der Waals surface area contributed by atoms with Crippen LogP contribution in [-0.2, 0) is 13.0 Å². The van der Waals surface area contributed by atoms with Gasteiger partial charge in [0.1, 0.15) is 0 Å². The number of nitrogens with zero attached hydrogens (tertiary/aromatic N) is 2. The second-order valence-electron chi connectivity index (χ2n) is 4.80. The Morgan fingerprint density at radius 2 is 2.15 bits per heavy atom. The summed E-state index contributed by atoms with van der Waals surface area (Å²) in [5, 5.41) is 4.13. The van der Waals surface area contributed by atoms with Crippen LogP contribution in [0.5, 0.6) is 0 Å². The highest BCUT2D eigenvalue weighted by molar-refractivity contribution is 5.93. The van der Waals surface area contributed by atoms with Gasteiger partial charge < -0.3 is 10.7 Å². The minimum atomic E-state index is -0.512. The number of aromatic amines is 1. The molecule has 2 aromatic rings. The molecule has 0 aliphatic rings. The third-order valence-electron chi connectivity index (χ3n) is 3.42. The Morgan fingerprint density at radius 1 is 1.45 bits per heavy atom. The van der Waals surface area contributed by atoms with Gasteiger partial charge in [0.15, 0.2) is 0 Å². The summed E-state index contributed by atoms with van der Waals surface area (Å²) in [7, 11) is 0. The van der Waals surface area contributed by atoms with Crippen molar-refractivity contribution < 1.29 is 4.79 Å². The van der Waals surface area contributed by atoms with Crippen LogP contribution in [0.4, 0.5) is 0 Å². The highest BCUT2D eigenvalue weighted by Crippen LogP contribution is 2.12. The molecule has 6 heteroatoms. The fourth-order valence-electron chi connectivity index (χ4n) is 2.27. The molecule has 0 aliphatic heterocycles. The van der Waals surface area contributed by atoms with Crippen molar-refractivity contribution in [3.8, 4) is 0 Å². The lowest BCUT2D eigenvalue weighted by molar-refractivity contribution is 0.0999. The van der Waals surface area contributed by atoms with Gasteiger partial charge in [0.25, 0.3) is 11.5 Å². The third-order valence-corrected chi connectivity index (χ3v) is 3.42. The van der Waals surface area contributed by atoms with Gasteiger partial charge in [0.2, 0.25) is 0 Å². The fraction of sp³-hybridized carbons (Fsp3) is 0.357. The van der Waals surface area contributed by atoms with Gasteiger partial charge in [0, 0.05) is 17.0 Å². The zero-order valence-corrected chi connectivity index (χ0v) is 11.9. The summed E-state index contributed by atoms with van der Waals surface area (Å²) >= 11 is 0. The van der Waals surface area contributed by atoms with Crippen LogP contribution < -0.4 is 11.3 Å². The summed E-state index contributed by atoms with van der Waals surface area (Å²) in [5.41, 5.74) is 8.69. The number of aromatic nitrogens is 3. The Balaban J connectivity index is 2.45. The molecule has 0 aromatic carbocycles. The Bertz CT molecular complexity index is 712. The van der Waals surface area contributed by atoms with Crippen molar-refractivity contribution in [1.29, 1.82) is 0 Å². The Morgan fingerprint density at radius 3 is 2.70 bits per heavy atom. The summed E-state index contributed by atoms with van der Waals surface area (Å²) in [5.74, 6) is -0.512. The van der Waals surface area contributed by atoms with E-state index in [2.05, 4.69) is 10.1 Å². The second kappa shape index (κ2) is 5.32. The van der Waals surface area contributed by atoms with Crippen LogP contribution in [0.15, 0.2) is 17.1 Å². The van der Waals surface area contributed by atoms with Gasteiger partial charge in [-0.05, 0) is 31.9 Å². The van der Waals surface area contributed by atoms with Crippen LogP contribution in [0.2, 0.25) is 0 Å². The van der Waals surface area contributed by atoms with E-state index in [9.17, 15) is 9.59 Å². The number of pyridine rings is 1. The minimum Gasteiger partial charge on any atom is -0.365 e. The lowest BCUT2D eigenvalue weighted by Gasteiger charge is -2.10. The van der Waals surface area contributed by atoms with E-state index in [0.29, 0.717) is 23.4 Å². The largest absolute Gasteiger partial charge is 0.365 e. The fourth-order valence-corrected chi connectivity index (χ4v) is 2.27. The second-order valence-corrected chi connectivity index (χ2v) is 4.80. The van der Waals surface area contributed by atoms with Gasteiger partial charge in [-0.3, -0.25) is 14.3 Å². The molecule has 2 aromatic heterocycles. The molecule has 0 saturated heterocycles. The van der Waals surface area contributed by atoms with Crippen molar-refractivity contribution in [3.05, 3.63) is 50.7 Å². The minimum absolute atomic E-state index is 0.114. The summed E-state index contributed by atoms with van der Waals surface area (Å²) in [6.45, 7) is 5.95. The molecule has 2 heterocycles. The quantitative estimate of drug-likeness (QED) is 0.867. The molecule has 0 spiro atoms. The van der Waals surface area contributed by atoms with Crippen LogP contribution >= 0.6 is 0 Å². The maximum absolute atomic E-state index is 12.1. The average Bonchev–Trinajstić information content (AvgIpc) is 2.74. The lowest BCUT2D eigenvalue weighted by atomic mass is 10.1. The number of carbonyl (C=O) groups is 1. The van der Waals surface area contributed by atoms with Gasteiger partial charge in [-0.2, -0.15) is 5.10 Å². The normalized spacial score (nSPS) is 10.8. The highest BCUT2D eigenvalue weighted by Gasteiger charge is 2.14. The van der Waals surface area contributed by atoms with E-state index in [1.807, 2.05) is 19.9 Å². The molecule has 0 aliphatic carbocycles. The van der Waals surface area contributed by atoms with Gasteiger partial charge in [0.05, 0.1) is 18.3 Å². The molecule has 3 N–H and O–H groups in total. The van der Waals surface area contributed by atoms with Crippen molar-refractivity contribution in [2.75, 3.05) is 0 Å². The number of amides is 1. The number of rotatable bonds is 4. The predicted molar refractivity (Wildman–Crippen MR) is 75.8 cm³/mol. The number of nitrogens with one attached hydrogen (secondary N) is 1. The molecule has 0 unspecified atom stereocenters. The van der Waals surface area contributed by atoms with Crippen LogP contribution in [0.25, 0.3) is 0 Å². The number of hydrogen-bond acceptors (Lipinski definition) is 3. The highest BCUT2D eigenvalue weighted by atomic mass is 16.1. The monoisotopic (exact) mass is 274 g/mol. The van der Waals surface area contributed by atoms with Crippen LogP contribution in [0, 0.1) is 13.8 Å². The zero-order chi connectivity index (χ0) is 14.9. The van der Waals surface area contributed by atoms with Gasteiger partial charge in [-0.1, -0.05) is 6.92 Å². The number of hydrogen-bond donors (Lipinski definition) is 2. The van der Waals surface area contributed by atoms with E-state index in [-0.39, 0.29) is 5.56 Å². The molecular formula is C14H18N4O2. The van der Waals surface area contributed by atoms with Crippen molar-refractivity contribution in [1.82, 2.24) is 14.8 Å². The molecule has 0 fully saturated rings. The standard InChI is InChI=1S/C14H18N4O2/c1-4-10-5-8(2)17-14(20)12(10)7-18-9(3)11(6-16-18)13(15)19/h5-6H,4,7H2,1-3H3,(H2,15,19)(H,17,20). The first-order valence-electron chi connectivity index (χ1n) is 6.48. The smallest absolute Gasteiger partial charge is 0.253 e. The first kappa shape index (κ1) is 14.0. The molecular weight excluding hydrogens is 256 g/mol. The predicted octanol–water partition coefficient (Wildman–Crippen LogP) is 0.898. The van der Waals surface area contributed by atoms with E-state index >= 15 is 0 Å². The topological polar surface area (TPSA) is 93.8 Å². The van der Waals surface area contributed by atoms with Crippen molar-refractivity contribution in [2.45, 2.75) is 33.7 Å². The number of aryl methyl sites for hydroxylation is 2.